The number of carbonyl (C=O) groups excluding carboxylic acids is 1. The van der Waals surface area contributed by atoms with Gasteiger partial charge in [0.1, 0.15) is 5.75 Å². The van der Waals surface area contributed by atoms with Gasteiger partial charge in [-0.1, -0.05) is 44.2 Å². The molecule has 30 heavy (non-hydrogen) atoms. The summed E-state index contributed by atoms with van der Waals surface area (Å²) < 4.78 is 5.80. The first-order chi connectivity index (χ1) is 14.4. The number of aryl methyl sites for hydroxylation is 1. The van der Waals surface area contributed by atoms with Crippen molar-refractivity contribution in [1.82, 2.24) is 0 Å². The van der Waals surface area contributed by atoms with Crippen LogP contribution in [0.5, 0.6) is 5.75 Å². The summed E-state index contributed by atoms with van der Waals surface area (Å²) in [7, 11) is 0. The van der Waals surface area contributed by atoms with Gasteiger partial charge in [-0.3, -0.25) is 4.79 Å². The second-order valence-electron chi connectivity index (χ2n) is 8.45. The maximum Gasteiger partial charge on any atom is 0.282 e. The van der Waals surface area contributed by atoms with Crippen LogP contribution in [0.4, 0.5) is 11.4 Å². The van der Waals surface area contributed by atoms with Crippen molar-refractivity contribution >= 4 is 17.3 Å². The molecule has 1 aliphatic rings. The van der Waals surface area contributed by atoms with Crippen LogP contribution in [-0.2, 0) is 4.79 Å². The third-order valence-corrected chi connectivity index (χ3v) is 6.09. The first-order valence-corrected chi connectivity index (χ1v) is 11.1. The molecule has 162 valence electrons. The van der Waals surface area contributed by atoms with Crippen molar-refractivity contribution in [3.8, 4) is 5.75 Å². The molecule has 0 aromatic heterocycles. The Labute approximate surface area is 181 Å². The standard InChI is InChI=1S/C25H35N3O2/c1-6-30-23-13-8-7-12-22(23)28-16-14-27(15-17-28)20(5)25(29)26-24-19(4)10-9-11-21(24)18(2)3/h7-13,18,20H,6,14-17H2,1-5H3,(H,26,29)/p+1/t20-/m1/s1. The van der Waals surface area contributed by atoms with Crippen LogP contribution in [0.1, 0.15) is 44.7 Å². The Morgan fingerprint density at radius 2 is 1.80 bits per heavy atom. The highest BCUT2D eigenvalue weighted by atomic mass is 16.5. The van der Waals surface area contributed by atoms with Gasteiger partial charge in [0.05, 0.1) is 38.5 Å². The first-order valence-electron chi connectivity index (χ1n) is 11.1. The minimum absolute atomic E-state index is 0.0890. The van der Waals surface area contributed by atoms with Crippen molar-refractivity contribution in [3.05, 3.63) is 53.6 Å². The highest BCUT2D eigenvalue weighted by Gasteiger charge is 2.30. The monoisotopic (exact) mass is 410 g/mol. The zero-order valence-electron chi connectivity index (χ0n) is 19.0. The van der Waals surface area contributed by atoms with Crippen molar-refractivity contribution in [3.63, 3.8) is 0 Å². The lowest BCUT2D eigenvalue weighted by Crippen LogP contribution is -3.19. The van der Waals surface area contributed by atoms with E-state index in [0.717, 1.165) is 48.9 Å². The lowest BCUT2D eigenvalue weighted by molar-refractivity contribution is -0.914. The van der Waals surface area contributed by atoms with Crippen LogP contribution < -0.4 is 19.9 Å². The largest absolute Gasteiger partial charge is 0.492 e. The number of amides is 1. The molecule has 1 atom stereocenters. The van der Waals surface area contributed by atoms with Crippen LogP contribution in [0, 0.1) is 6.92 Å². The maximum atomic E-state index is 13.1. The molecule has 5 nitrogen and oxygen atoms in total. The van der Waals surface area contributed by atoms with Gasteiger partial charge in [-0.25, -0.2) is 0 Å². The van der Waals surface area contributed by atoms with Crippen molar-refractivity contribution in [2.75, 3.05) is 43.0 Å². The second kappa shape index (κ2) is 9.98. The first kappa shape index (κ1) is 22.2. The third-order valence-electron chi connectivity index (χ3n) is 6.09. The number of hydrogen-bond acceptors (Lipinski definition) is 3. The maximum absolute atomic E-state index is 13.1. The van der Waals surface area contributed by atoms with Gasteiger partial charge >= 0.3 is 0 Å². The van der Waals surface area contributed by atoms with Gasteiger partial charge in [0.2, 0.25) is 0 Å². The molecule has 1 saturated heterocycles. The van der Waals surface area contributed by atoms with Crippen LogP contribution in [0.2, 0.25) is 0 Å². The average Bonchev–Trinajstić information content (AvgIpc) is 2.75. The Morgan fingerprint density at radius 1 is 1.10 bits per heavy atom. The molecule has 5 heteroatoms. The Balaban J connectivity index is 1.63. The van der Waals surface area contributed by atoms with Crippen LogP contribution in [0.25, 0.3) is 0 Å². The van der Waals surface area contributed by atoms with Gasteiger partial charge < -0.3 is 19.9 Å². The highest BCUT2D eigenvalue weighted by Crippen LogP contribution is 2.28. The Morgan fingerprint density at radius 3 is 2.47 bits per heavy atom. The molecule has 1 fully saturated rings. The number of carbonyl (C=O) groups is 1. The summed E-state index contributed by atoms with van der Waals surface area (Å²) in [4.78, 5) is 16.8. The van der Waals surface area contributed by atoms with Gasteiger partial charge in [-0.2, -0.15) is 0 Å². The van der Waals surface area contributed by atoms with E-state index in [9.17, 15) is 4.79 Å². The van der Waals surface area contributed by atoms with E-state index in [0.29, 0.717) is 12.5 Å². The molecule has 2 aromatic rings. The molecule has 0 radical (unpaired) electrons. The minimum atomic E-state index is -0.0890. The second-order valence-corrected chi connectivity index (χ2v) is 8.45. The number of anilines is 2. The number of nitrogens with zero attached hydrogens (tertiary/aromatic N) is 1. The van der Waals surface area contributed by atoms with Crippen molar-refractivity contribution in [1.29, 1.82) is 0 Å². The molecule has 0 unspecified atom stereocenters. The fourth-order valence-electron chi connectivity index (χ4n) is 4.22. The van der Waals surface area contributed by atoms with Crippen LogP contribution in [0.3, 0.4) is 0 Å². The van der Waals surface area contributed by atoms with Crippen LogP contribution in [0.15, 0.2) is 42.5 Å². The van der Waals surface area contributed by atoms with Gasteiger partial charge in [0, 0.05) is 5.69 Å². The van der Waals surface area contributed by atoms with E-state index in [4.69, 9.17) is 4.74 Å². The molecule has 0 saturated carbocycles. The molecular formula is C25H36N3O2+. The Bertz CT molecular complexity index is 857. The van der Waals surface area contributed by atoms with E-state index in [1.165, 1.54) is 10.5 Å². The van der Waals surface area contributed by atoms with Crippen LogP contribution >= 0.6 is 0 Å². The van der Waals surface area contributed by atoms with E-state index in [1.807, 2.05) is 26.0 Å². The summed E-state index contributed by atoms with van der Waals surface area (Å²) in [5.41, 5.74) is 4.45. The topological polar surface area (TPSA) is 46.0 Å². The predicted octanol–water partition coefficient (Wildman–Crippen LogP) is 3.25. The van der Waals surface area contributed by atoms with E-state index < -0.39 is 0 Å². The molecule has 0 spiro atoms. The summed E-state index contributed by atoms with van der Waals surface area (Å²) in [6.45, 7) is 14.8. The minimum Gasteiger partial charge on any atom is -0.492 e. The molecule has 2 aromatic carbocycles. The van der Waals surface area contributed by atoms with Crippen molar-refractivity contribution < 1.29 is 14.4 Å². The number of hydrogen-bond donors (Lipinski definition) is 2. The molecule has 1 amide bonds. The number of benzene rings is 2. The Kier molecular flexibility index (Phi) is 7.38. The number of nitrogens with one attached hydrogen (secondary N) is 2. The normalized spacial score (nSPS) is 15.9. The summed E-state index contributed by atoms with van der Waals surface area (Å²) in [5.74, 6) is 1.41. The van der Waals surface area contributed by atoms with E-state index in [2.05, 4.69) is 61.3 Å². The number of rotatable bonds is 7. The van der Waals surface area contributed by atoms with Gasteiger partial charge in [-0.05, 0) is 49.9 Å². The summed E-state index contributed by atoms with van der Waals surface area (Å²) in [5, 5.41) is 3.23. The van der Waals surface area contributed by atoms with E-state index in [1.54, 1.807) is 0 Å². The van der Waals surface area contributed by atoms with Gasteiger partial charge in [0.15, 0.2) is 6.04 Å². The molecule has 0 aliphatic carbocycles. The van der Waals surface area contributed by atoms with E-state index >= 15 is 0 Å². The smallest absolute Gasteiger partial charge is 0.282 e. The van der Waals surface area contributed by atoms with Crippen molar-refractivity contribution in [2.45, 2.75) is 46.6 Å². The fourth-order valence-corrected chi connectivity index (χ4v) is 4.22. The molecular weight excluding hydrogens is 374 g/mol. The lowest BCUT2D eigenvalue weighted by Gasteiger charge is -2.36. The lowest BCUT2D eigenvalue weighted by atomic mass is 9.98. The quantitative estimate of drug-likeness (QED) is 0.737. The zero-order chi connectivity index (χ0) is 21.7. The predicted molar refractivity (Wildman–Crippen MR) is 124 cm³/mol. The fraction of sp³-hybridized carbons (Fsp3) is 0.480. The highest BCUT2D eigenvalue weighted by molar-refractivity contribution is 5.95. The molecule has 1 heterocycles. The van der Waals surface area contributed by atoms with Gasteiger partial charge in [0.25, 0.3) is 5.91 Å². The summed E-state index contributed by atoms with van der Waals surface area (Å²) >= 11 is 0. The molecule has 3 rings (SSSR count). The number of piperazine rings is 1. The zero-order valence-corrected chi connectivity index (χ0v) is 19.0. The molecule has 0 bridgehead atoms. The van der Waals surface area contributed by atoms with Crippen molar-refractivity contribution in [2.24, 2.45) is 0 Å². The SMILES string of the molecule is CCOc1ccccc1N1CC[NH+]([C@H](C)C(=O)Nc2c(C)cccc2C(C)C)CC1. The van der Waals surface area contributed by atoms with Crippen LogP contribution in [-0.4, -0.2) is 44.7 Å². The summed E-state index contributed by atoms with van der Waals surface area (Å²) in [6.07, 6.45) is 0. The average molecular weight is 411 g/mol. The number of ether oxygens (including phenoxy) is 1. The third kappa shape index (κ3) is 4.96. The molecule has 2 N–H and O–H groups in total. The number of quaternary nitrogens is 1. The Hall–Kier alpha value is -2.53. The van der Waals surface area contributed by atoms with Gasteiger partial charge in [-0.15, -0.1) is 0 Å². The molecule has 1 aliphatic heterocycles. The van der Waals surface area contributed by atoms with E-state index in [-0.39, 0.29) is 11.9 Å². The number of para-hydroxylation sites is 3. The summed E-state index contributed by atoms with van der Waals surface area (Å²) in [6, 6.07) is 14.4.